The molecule has 6 unspecified atom stereocenters. The lowest BCUT2D eigenvalue weighted by Crippen LogP contribution is -2.61. The molecule has 0 radical (unpaired) electrons. The fraction of sp³-hybridized carbons (Fsp3) is 0.719. The van der Waals surface area contributed by atoms with E-state index in [9.17, 15) is 34.5 Å². The van der Waals surface area contributed by atoms with Crippen molar-refractivity contribution in [1.29, 1.82) is 0 Å². The van der Waals surface area contributed by atoms with Crippen LogP contribution in [0.1, 0.15) is 213 Å². The van der Waals surface area contributed by atoms with Gasteiger partial charge in [-0.2, -0.15) is 0 Å². The predicted molar refractivity (Wildman–Crippen MR) is 275 cm³/mol. The summed E-state index contributed by atoms with van der Waals surface area (Å²) in [4.78, 5) is 50.9. The second-order valence-electron chi connectivity index (χ2n) is 18.1. The minimum absolute atomic E-state index is 0.0547. The van der Waals surface area contributed by atoms with Crippen molar-refractivity contribution in [2.45, 2.75) is 250 Å². The first-order chi connectivity index (χ1) is 33.6. The van der Waals surface area contributed by atoms with Gasteiger partial charge < -0.3 is 39.0 Å². The van der Waals surface area contributed by atoms with E-state index in [-0.39, 0.29) is 25.9 Å². The molecule has 394 valence electrons. The number of allylic oxidation sites excluding steroid dienone is 12. The van der Waals surface area contributed by atoms with E-state index in [2.05, 4.69) is 93.7 Å². The summed E-state index contributed by atoms with van der Waals surface area (Å²) in [6.07, 6.45) is 43.2. The van der Waals surface area contributed by atoms with E-state index in [1.165, 1.54) is 38.5 Å². The number of carboxylic acids is 1. The summed E-state index contributed by atoms with van der Waals surface area (Å²) in [7, 11) is 0. The summed E-state index contributed by atoms with van der Waals surface area (Å²) in [5, 5.41) is 31.3. The smallest absolute Gasteiger partial charge is 0.335 e. The van der Waals surface area contributed by atoms with Crippen LogP contribution in [0.3, 0.4) is 0 Å². The van der Waals surface area contributed by atoms with Gasteiger partial charge >= 0.3 is 23.9 Å². The van der Waals surface area contributed by atoms with Crippen LogP contribution in [-0.2, 0) is 42.9 Å². The molecule has 12 nitrogen and oxygen atoms in total. The van der Waals surface area contributed by atoms with Crippen LogP contribution in [0.5, 0.6) is 0 Å². The predicted octanol–water partition coefficient (Wildman–Crippen LogP) is 13.0. The van der Waals surface area contributed by atoms with Crippen LogP contribution in [0.4, 0.5) is 0 Å². The van der Waals surface area contributed by atoms with Crippen molar-refractivity contribution >= 4 is 23.9 Å². The fourth-order valence-electron chi connectivity index (χ4n) is 7.63. The lowest BCUT2D eigenvalue weighted by molar-refractivity contribution is -0.301. The largest absolute Gasteiger partial charge is 0.479 e. The number of esters is 3. The van der Waals surface area contributed by atoms with E-state index in [1.54, 1.807) is 0 Å². The minimum Gasteiger partial charge on any atom is -0.479 e. The highest BCUT2D eigenvalue weighted by atomic mass is 16.7. The molecule has 1 saturated heterocycles. The Labute approximate surface area is 417 Å². The molecule has 1 aliphatic rings. The van der Waals surface area contributed by atoms with Crippen molar-refractivity contribution in [3.8, 4) is 0 Å². The van der Waals surface area contributed by atoms with Gasteiger partial charge in [-0.25, -0.2) is 4.79 Å². The lowest BCUT2D eigenvalue weighted by Gasteiger charge is -2.40. The Morgan fingerprint density at radius 3 is 1.48 bits per heavy atom. The molecule has 0 saturated carbocycles. The number of unbranched alkanes of at least 4 members (excludes halogenated alkanes) is 18. The van der Waals surface area contributed by atoms with Gasteiger partial charge in [0, 0.05) is 19.3 Å². The van der Waals surface area contributed by atoms with E-state index < -0.39 is 67.3 Å². The number of rotatable bonds is 44. The standard InChI is InChI=1S/C57H94O12/c1-4-7-10-13-16-19-22-24-25-27-29-31-34-37-40-43-49(58)65-46-48(67-50(59)44-41-38-35-33-30-26-23-20-17-14-11-8-5-2)47-66-57-55(53(62)52(61)54(69-57)56(63)64)68-51(60)45-42-39-36-32-28-21-18-15-12-9-6-3/h7,10-11,14,16,19-20,23-25,29,31,48,52-55,57,61-62H,4-6,8-9,12-13,15,17-18,21-22,26-28,30,32-47H2,1-3H3,(H,63,64)/b10-7-,14-11-,19-16-,23-20-,25-24-,31-29-. The number of hydrogen-bond acceptors (Lipinski definition) is 11. The first-order valence-electron chi connectivity index (χ1n) is 26.9. The molecule has 0 bridgehead atoms. The Kier molecular flexibility index (Phi) is 41.5. The van der Waals surface area contributed by atoms with Crippen LogP contribution in [0.25, 0.3) is 0 Å². The maximum Gasteiger partial charge on any atom is 0.335 e. The number of ether oxygens (including phenoxy) is 5. The summed E-state index contributed by atoms with van der Waals surface area (Å²) in [6, 6.07) is 0. The van der Waals surface area contributed by atoms with Crippen molar-refractivity contribution in [2.24, 2.45) is 0 Å². The first kappa shape index (κ1) is 63.2. The summed E-state index contributed by atoms with van der Waals surface area (Å²) < 4.78 is 28.2. The monoisotopic (exact) mass is 971 g/mol. The molecular formula is C57H94O12. The van der Waals surface area contributed by atoms with Crippen molar-refractivity contribution in [3.63, 3.8) is 0 Å². The van der Waals surface area contributed by atoms with Gasteiger partial charge in [0.15, 0.2) is 24.6 Å². The lowest BCUT2D eigenvalue weighted by atomic mass is 9.98. The van der Waals surface area contributed by atoms with Gasteiger partial charge in [0.05, 0.1) is 6.61 Å². The zero-order valence-electron chi connectivity index (χ0n) is 43.0. The van der Waals surface area contributed by atoms with Crippen LogP contribution in [0.15, 0.2) is 72.9 Å². The number of aliphatic hydroxyl groups excluding tert-OH is 2. The number of hydrogen-bond donors (Lipinski definition) is 3. The summed E-state index contributed by atoms with van der Waals surface area (Å²) in [5.41, 5.74) is 0. The Morgan fingerprint density at radius 1 is 0.493 bits per heavy atom. The highest BCUT2D eigenvalue weighted by Crippen LogP contribution is 2.26. The number of carboxylic acid groups (broad SMARTS) is 1. The molecule has 0 aromatic carbocycles. The number of carbonyl (C=O) groups is 4. The number of aliphatic hydroxyl groups is 2. The van der Waals surface area contributed by atoms with E-state index in [1.807, 2.05) is 0 Å². The number of carbonyl (C=O) groups excluding carboxylic acids is 3. The molecule has 0 spiro atoms. The average Bonchev–Trinajstić information content (AvgIpc) is 3.33. The fourth-order valence-corrected chi connectivity index (χ4v) is 7.63. The molecule has 3 N–H and O–H groups in total. The van der Waals surface area contributed by atoms with E-state index >= 15 is 0 Å². The molecule has 0 aromatic heterocycles. The zero-order chi connectivity index (χ0) is 50.4. The van der Waals surface area contributed by atoms with Crippen molar-refractivity contribution in [1.82, 2.24) is 0 Å². The first-order valence-corrected chi connectivity index (χ1v) is 26.9. The third-order valence-electron chi connectivity index (χ3n) is 11.7. The third kappa shape index (κ3) is 35.8. The topological polar surface area (TPSA) is 175 Å². The summed E-state index contributed by atoms with van der Waals surface area (Å²) in [5.74, 6) is -3.20. The average molecular weight is 971 g/mol. The zero-order valence-corrected chi connectivity index (χ0v) is 43.0. The Morgan fingerprint density at radius 2 is 0.942 bits per heavy atom. The molecule has 0 amide bonds. The summed E-state index contributed by atoms with van der Waals surface area (Å²) >= 11 is 0. The molecule has 1 fully saturated rings. The highest BCUT2D eigenvalue weighted by molar-refractivity contribution is 5.74. The van der Waals surface area contributed by atoms with Crippen molar-refractivity contribution in [3.05, 3.63) is 72.9 Å². The second-order valence-corrected chi connectivity index (χ2v) is 18.1. The van der Waals surface area contributed by atoms with Crippen LogP contribution < -0.4 is 0 Å². The Hall–Kier alpha value is -3.84. The van der Waals surface area contributed by atoms with Crippen molar-refractivity contribution in [2.75, 3.05) is 13.2 Å². The van der Waals surface area contributed by atoms with Crippen LogP contribution >= 0.6 is 0 Å². The molecule has 12 heteroatoms. The molecule has 1 aliphatic heterocycles. The maximum absolute atomic E-state index is 13.1. The summed E-state index contributed by atoms with van der Waals surface area (Å²) in [6.45, 7) is 5.73. The third-order valence-corrected chi connectivity index (χ3v) is 11.7. The van der Waals surface area contributed by atoms with E-state index in [0.29, 0.717) is 19.3 Å². The second kappa shape index (κ2) is 45.3. The van der Waals surface area contributed by atoms with Gasteiger partial charge in [0.2, 0.25) is 0 Å². The molecule has 0 aromatic rings. The van der Waals surface area contributed by atoms with E-state index in [0.717, 1.165) is 116 Å². The van der Waals surface area contributed by atoms with Gasteiger partial charge in [-0.05, 0) is 83.5 Å². The molecule has 6 atom stereocenters. The molecule has 0 aliphatic carbocycles. The minimum atomic E-state index is -1.91. The normalized spacial score (nSPS) is 19.2. The molecular weight excluding hydrogens is 877 g/mol. The van der Waals surface area contributed by atoms with E-state index in [4.69, 9.17) is 23.7 Å². The van der Waals surface area contributed by atoms with Crippen LogP contribution in [0.2, 0.25) is 0 Å². The van der Waals surface area contributed by atoms with Gasteiger partial charge in [-0.15, -0.1) is 0 Å². The van der Waals surface area contributed by atoms with Crippen molar-refractivity contribution < 1.29 is 58.2 Å². The van der Waals surface area contributed by atoms with Gasteiger partial charge in [0.25, 0.3) is 0 Å². The van der Waals surface area contributed by atoms with Crippen LogP contribution in [-0.4, -0.2) is 89.2 Å². The quantitative estimate of drug-likeness (QED) is 0.0228. The molecule has 1 heterocycles. The maximum atomic E-state index is 13.1. The van der Waals surface area contributed by atoms with Gasteiger partial charge in [-0.3, -0.25) is 14.4 Å². The molecule has 69 heavy (non-hydrogen) atoms. The molecule has 1 rings (SSSR count). The SMILES string of the molecule is CC/C=C\C/C=C\C/C=C\C/C=C\CCCCC(=O)OCC(COC1OC(C(=O)O)C(O)C(O)C1OC(=O)CCCCCCCCCCCCC)OC(=O)CCCCCCC/C=C\C/C=C\CCC. The Bertz CT molecular complexity index is 1480. The Balaban J connectivity index is 2.76. The van der Waals surface area contributed by atoms with Crippen LogP contribution in [0, 0.1) is 0 Å². The van der Waals surface area contributed by atoms with Gasteiger partial charge in [0.1, 0.15) is 18.8 Å². The highest BCUT2D eigenvalue weighted by Gasteiger charge is 2.50. The van der Waals surface area contributed by atoms with Gasteiger partial charge in [-0.1, -0.05) is 184 Å². The number of aliphatic carboxylic acids is 1.